The zero-order chi connectivity index (χ0) is 14.8. The summed E-state index contributed by atoms with van der Waals surface area (Å²) in [7, 11) is 1.97. The molecule has 0 aliphatic carbocycles. The Morgan fingerprint density at radius 3 is 2.62 bits per heavy atom. The van der Waals surface area contributed by atoms with Crippen LogP contribution in [0.15, 0.2) is 42.5 Å². The second kappa shape index (κ2) is 5.88. The van der Waals surface area contributed by atoms with Gasteiger partial charge in [-0.05, 0) is 38.6 Å². The molecule has 0 radical (unpaired) electrons. The summed E-state index contributed by atoms with van der Waals surface area (Å²) in [6.07, 6.45) is 0.945. The van der Waals surface area contributed by atoms with Gasteiger partial charge >= 0.3 is 0 Å². The summed E-state index contributed by atoms with van der Waals surface area (Å²) >= 11 is 0. The number of nitrogens with one attached hydrogen (secondary N) is 1. The quantitative estimate of drug-likeness (QED) is 0.752. The van der Waals surface area contributed by atoms with Gasteiger partial charge in [0, 0.05) is 28.9 Å². The summed E-state index contributed by atoms with van der Waals surface area (Å²) in [6.45, 7) is 4.09. The molecule has 3 rings (SSSR count). The molecule has 1 heterocycles. The fraction of sp³-hybridized carbons (Fsp3) is 0.333. The summed E-state index contributed by atoms with van der Waals surface area (Å²) in [5, 5.41) is 5.81. The zero-order valence-corrected chi connectivity index (χ0v) is 12.8. The summed E-state index contributed by atoms with van der Waals surface area (Å²) < 4.78 is 2.39. The molecule has 2 aromatic carbocycles. The van der Waals surface area contributed by atoms with Crippen molar-refractivity contribution in [3.63, 3.8) is 0 Å². The zero-order valence-electron chi connectivity index (χ0n) is 12.8. The highest BCUT2D eigenvalue weighted by atomic mass is 15.0. The normalized spacial score (nSPS) is 13.1. The number of nitrogens with two attached hydrogens (primary N) is 1. The molecule has 0 aliphatic rings. The molecule has 0 spiro atoms. The molecule has 3 aromatic rings. The van der Waals surface area contributed by atoms with Gasteiger partial charge in [0.15, 0.2) is 0 Å². The number of rotatable bonds is 5. The first kappa shape index (κ1) is 14.1. The number of fused-ring (bicyclic) bond motifs is 3. The van der Waals surface area contributed by atoms with Crippen molar-refractivity contribution in [1.29, 1.82) is 0 Å². The first-order chi connectivity index (χ1) is 10.3. The van der Waals surface area contributed by atoms with E-state index < -0.39 is 0 Å². The van der Waals surface area contributed by atoms with Crippen molar-refractivity contribution < 1.29 is 0 Å². The average Bonchev–Trinajstić information content (AvgIpc) is 2.86. The van der Waals surface area contributed by atoms with Crippen molar-refractivity contribution in [1.82, 2.24) is 9.88 Å². The Hall–Kier alpha value is -1.84. The molecule has 0 saturated carbocycles. The smallest absolute Gasteiger partial charge is 0.0539 e. The molecule has 0 fully saturated rings. The summed E-state index contributed by atoms with van der Waals surface area (Å²) in [4.78, 5) is 0. The number of hydrogen-bond donors (Lipinski definition) is 2. The van der Waals surface area contributed by atoms with Crippen molar-refractivity contribution in [3.05, 3.63) is 48.0 Å². The van der Waals surface area contributed by atoms with Gasteiger partial charge in [0.25, 0.3) is 0 Å². The SMILES string of the molecule is CCn1c2ccccc2c2cccc(C(N)CCNC)c21. The molecule has 21 heavy (non-hydrogen) atoms. The molecule has 1 atom stereocenters. The second-order valence-electron chi connectivity index (χ2n) is 5.50. The molecule has 3 nitrogen and oxygen atoms in total. The fourth-order valence-electron chi connectivity index (χ4n) is 3.22. The molecule has 110 valence electrons. The van der Waals surface area contributed by atoms with E-state index in [1.807, 2.05) is 7.05 Å². The number of aryl methyl sites for hydroxylation is 1. The molecule has 0 saturated heterocycles. The van der Waals surface area contributed by atoms with Gasteiger partial charge in [0.1, 0.15) is 0 Å². The van der Waals surface area contributed by atoms with E-state index in [9.17, 15) is 0 Å². The van der Waals surface area contributed by atoms with Gasteiger partial charge in [-0.25, -0.2) is 0 Å². The van der Waals surface area contributed by atoms with Crippen LogP contribution in [-0.2, 0) is 6.54 Å². The maximum atomic E-state index is 6.44. The van der Waals surface area contributed by atoms with Crippen molar-refractivity contribution in [3.8, 4) is 0 Å². The predicted octanol–water partition coefficient (Wildman–Crippen LogP) is 3.42. The molecule has 0 bridgehead atoms. The minimum Gasteiger partial charge on any atom is -0.340 e. The summed E-state index contributed by atoms with van der Waals surface area (Å²) in [5.41, 5.74) is 10.3. The molecule has 0 amide bonds. The third-order valence-electron chi connectivity index (χ3n) is 4.24. The van der Waals surface area contributed by atoms with Gasteiger partial charge in [-0.3, -0.25) is 0 Å². The van der Waals surface area contributed by atoms with E-state index >= 15 is 0 Å². The van der Waals surface area contributed by atoms with Crippen molar-refractivity contribution in [2.45, 2.75) is 25.9 Å². The Morgan fingerprint density at radius 2 is 1.86 bits per heavy atom. The topological polar surface area (TPSA) is 43.0 Å². The highest BCUT2D eigenvalue weighted by Gasteiger charge is 2.16. The first-order valence-corrected chi connectivity index (χ1v) is 7.68. The number of hydrogen-bond acceptors (Lipinski definition) is 2. The Bertz CT molecular complexity index is 758. The Balaban J connectivity index is 2.26. The van der Waals surface area contributed by atoms with Crippen LogP contribution >= 0.6 is 0 Å². The van der Waals surface area contributed by atoms with Crippen LogP contribution in [0.1, 0.15) is 24.9 Å². The number of nitrogens with zero attached hydrogens (tertiary/aromatic N) is 1. The van der Waals surface area contributed by atoms with Crippen molar-refractivity contribution in [2.75, 3.05) is 13.6 Å². The van der Waals surface area contributed by atoms with Crippen molar-refractivity contribution in [2.24, 2.45) is 5.73 Å². The molecule has 1 aromatic heterocycles. The average molecular weight is 281 g/mol. The summed E-state index contributed by atoms with van der Waals surface area (Å²) in [5.74, 6) is 0. The van der Waals surface area contributed by atoms with Crippen LogP contribution in [0.25, 0.3) is 21.8 Å². The maximum Gasteiger partial charge on any atom is 0.0539 e. The van der Waals surface area contributed by atoms with E-state index in [0.717, 1.165) is 19.5 Å². The molecule has 3 N–H and O–H groups in total. The Kier molecular flexibility index (Phi) is 3.95. The molecule has 1 unspecified atom stereocenters. The first-order valence-electron chi connectivity index (χ1n) is 7.68. The fourth-order valence-corrected chi connectivity index (χ4v) is 3.22. The van der Waals surface area contributed by atoms with Crippen LogP contribution in [0.4, 0.5) is 0 Å². The minimum atomic E-state index is 0.0655. The van der Waals surface area contributed by atoms with E-state index in [0.29, 0.717) is 0 Å². The lowest BCUT2D eigenvalue weighted by Gasteiger charge is -2.15. The van der Waals surface area contributed by atoms with E-state index in [1.165, 1.54) is 27.4 Å². The third-order valence-corrected chi connectivity index (χ3v) is 4.24. The minimum absolute atomic E-state index is 0.0655. The molecular weight excluding hydrogens is 258 g/mol. The lowest BCUT2D eigenvalue weighted by atomic mass is 10.0. The Morgan fingerprint density at radius 1 is 1.10 bits per heavy atom. The van der Waals surface area contributed by atoms with E-state index in [1.54, 1.807) is 0 Å². The van der Waals surface area contributed by atoms with Gasteiger partial charge in [0.2, 0.25) is 0 Å². The molecular formula is C18H23N3. The number of aromatic nitrogens is 1. The summed E-state index contributed by atoms with van der Waals surface area (Å²) in [6, 6.07) is 15.2. The van der Waals surface area contributed by atoms with Gasteiger partial charge in [0.05, 0.1) is 5.52 Å². The predicted molar refractivity (Wildman–Crippen MR) is 90.6 cm³/mol. The standard InChI is InChI=1S/C18H23N3/c1-3-21-17-10-5-4-7-13(17)14-8-6-9-15(18(14)21)16(19)11-12-20-2/h4-10,16,20H,3,11-12,19H2,1-2H3. The van der Waals surface area contributed by atoms with Crippen LogP contribution in [0, 0.1) is 0 Å². The number of benzene rings is 2. The van der Waals surface area contributed by atoms with Crippen LogP contribution in [0.2, 0.25) is 0 Å². The van der Waals surface area contributed by atoms with Gasteiger partial charge in [-0.15, -0.1) is 0 Å². The van der Waals surface area contributed by atoms with Crippen LogP contribution in [0.5, 0.6) is 0 Å². The van der Waals surface area contributed by atoms with Crippen LogP contribution in [0.3, 0.4) is 0 Å². The van der Waals surface area contributed by atoms with Crippen LogP contribution in [-0.4, -0.2) is 18.2 Å². The van der Waals surface area contributed by atoms with Crippen molar-refractivity contribution >= 4 is 21.8 Å². The third kappa shape index (κ3) is 2.33. The monoisotopic (exact) mass is 281 g/mol. The van der Waals surface area contributed by atoms with E-state index in [4.69, 9.17) is 5.73 Å². The highest BCUT2D eigenvalue weighted by molar-refractivity contribution is 6.09. The number of para-hydroxylation sites is 2. The lowest BCUT2D eigenvalue weighted by Crippen LogP contribution is -2.18. The molecule has 0 aliphatic heterocycles. The van der Waals surface area contributed by atoms with E-state index in [2.05, 4.69) is 59.3 Å². The van der Waals surface area contributed by atoms with Crippen LogP contribution < -0.4 is 11.1 Å². The van der Waals surface area contributed by atoms with E-state index in [-0.39, 0.29) is 6.04 Å². The van der Waals surface area contributed by atoms with Gasteiger partial charge < -0.3 is 15.6 Å². The second-order valence-corrected chi connectivity index (χ2v) is 5.50. The van der Waals surface area contributed by atoms with Gasteiger partial charge in [-0.1, -0.05) is 36.4 Å². The highest BCUT2D eigenvalue weighted by Crippen LogP contribution is 2.33. The maximum absolute atomic E-state index is 6.44. The largest absolute Gasteiger partial charge is 0.340 e. The molecule has 3 heteroatoms. The Labute approximate surface area is 125 Å². The lowest BCUT2D eigenvalue weighted by molar-refractivity contribution is 0.616. The van der Waals surface area contributed by atoms with Gasteiger partial charge in [-0.2, -0.15) is 0 Å².